The number of rotatable bonds is 6. The lowest BCUT2D eigenvalue weighted by Crippen LogP contribution is -2.42. The van der Waals surface area contributed by atoms with Gasteiger partial charge in [-0.2, -0.15) is 4.31 Å². The maximum absolute atomic E-state index is 12.6. The molecule has 1 aliphatic heterocycles. The number of carbonyl (C=O) groups excluding carboxylic acids is 1. The first-order valence-electron chi connectivity index (χ1n) is 9.01. The summed E-state index contributed by atoms with van der Waals surface area (Å²) in [5.41, 5.74) is 0. The molecule has 0 saturated carbocycles. The monoisotopic (exact) mass is 391 g/mol. The van der Waals surface area contributed by atoms with Crippen LogP contribution in [0.15, 0.2) is 58.0 Å². The second kappa shape index (κ2) is 8.69. The van der Waals surface area contributed by atoms with Crippen LogP contribution in [0, 0.1) is 0 Å². The molecule has 0 N–H and O–H groups in total. The number of likely N-dealkylation sites (N-methyl/N-ethyl adjacent to an activating group) is 1. The minimum atomic E-state index is -3.66. The maximum Gasteiger partial charge on any atom is 0.243 e. The van der Waals surface area contributed by atoms with Gasteiger partial charge in [0.1, 0.15) is 5.76 Å². The minimum Gasteiger partial charge on any atom is -0.468 e. The van der Waals surface area contributed by atoms with Crippen molar-refractivity contribution in [1.29, 1.82) is 0 Å². The van der Waals surface area contributed by atoms with Crippen LogP contribution in [0.1, 0.15) is 12.2 Å². The quantitative estimate of drug-likeness (QED) is 0.748. The molecule has 146 valence electrons. The number of hydrogen-bond acceptors (Lipinski definition) is 5. The molecule has 2 heterocycles. The van der Waals surface area contributed by atoms with Crippen molar-refractivity contribution in [2.45, 2.75) is 17.9 Å². The summed E-state index contributed by atoms with van der Waals surface area (Å²) in [6.45, 7) is 3.39. The smallest absolute Gasteiger partial charge is 0.243 e. The number of hydrogen-bond donors (Lipinski definition) is 0. The van der Waals surface area contributed by atoms with E-state index in [1.165, 1.54) is 19.2 Å². The Hall–Kier alpha value is -2.16. The molecule has 0 radical (unpaired) electrons. The Balaban J connectivity index is 1.56. The first-order valence-corrected chi connectivity index (χ1v) is 10.4. The fourth-order valence-corrected chi connectivity index (χ4v) is 4.29. The standard InChI is InChI=1S/C19H25N3O4S/c1-20(27(24,25)18-8-3-2-4-9-18)16-19(23)22-11-6-10-21(12-13-22)15-17-7-5-14-26-17/h2-5,7-9,14H,6,10-13,15-16H2,1H3. The summed E-state index contributed by atoms with van der Waals surface area (Å²) in [7, 11) is -2.22. The Morgan fingerprint density at radius 3 is 2.56 bits per heavy atom. The van der Waals surface area contributed by atoms with E-state index in [2.05, 4.69) is 4.90 Å². The third-order valence-electron chi connectivity index (χ3n) is 4.71. The molecule has 0 bridgehead atoms. The molecule has 3 rings (SSSR count). The predicted molar refractivity (Wildman–Crippen MR) is 101 cm³/mol. The molecule has 1 aromatic heterocycles. The zero-order chi connectivity index (χ0) is 19.3. The van der Waals surface area contributed by atoms with Gasteiger partial charge in [0.25, 0.3) is 0 Å². The van der Waals surface area contributed by atoms with E-state index in [9.17, 15) is 13.2 Å². The van der Waals surface area contributed by atoms with E-state index in [0.717, 1.165) is 36.1 Å². The summed E-state index contributed by atoms with van der Waals surface area (Å²) in [5, 5.41) is 0. The molecular weight excluding hydrogens is 366 g/mol. The highest BCUT2D eigenvalue weighted by Crippen LogP contribution is 2.14. The molecule has 1 aliphatic rings. The van der Waals surface area contributed by atoms with Gasteiger partial charge in [-0.05, 0) is 30.7 Å². The van der Waals surface area contributed by atoms with Crippen molar-refractivity contribution in [3.8, 4) is 0 Å². The van der Waals surface area contributed by atoms with Gasteiger partial charge in [0.2, 0.25) is 15.9 Å². The van der Waals surface area contributed by atoms with Crippen molar-refractivity contribution in [1.82, 2.24) is 14.1 Å². The molecule has 1 fully saturated rings. The number of furan rings is 1. The summed E-state index contributed by atoms with van der Waals surface area (Å²) < 4.78 is 31.7. The Morgan fingerprint density at radius 2 is 1.85 bits per heavy atom. The fraction of sp³-hybridized carbons (Fsp3) is 0.421. The van der Waals surface area contributed by atoms with Crippen molar-refractivity contribution < 1.29 is 17.6 Å². The van der Waals surface area contributed by atoms with Gasteiger partial charge in [-0.3, -0.25) is 9.69 Å². The molecule has 2 aromatic rings. The van der Waals surface area contributed by atoms with Crippen molar-refractivity contribution in [3.63, 3.8) is 0 Å². The summed E-state index contributed by atoms with van der Waals surface area (Å²) in [5.74, 6) is 0.736. The Morgan fingerprint density at radius 1 is 1.07 bits per heavy atom. The minimum absolute atomic E-state index is 0.157. The third-order valence-corrected chi connectivity index (χ3v) is 6.53. The second-order valence-electron chi connectivity index (χ2n) is 6.66. The van der Waals surface area contributed by atoms with E-state index in [-0.39, 0.29) is 17.3 Å². The Bertz CT molecular complexity index is 837. The second-order valence-corrected chi connectivity index (χ2v) is 8.71. The number of amides is 1. The van der Waals surface area contributed by atoms with Crippen LogP contribution < -0.4 is 0 Å². The third kappa shape index (κ3) is 4.97. The van der Waals surface area contributed by atoms with Gasteiger partial charge in [0.15, 0.2) is 0 Å². The molecule has 0 spiro atoms. The molecule has 1 saturated heterocycles. The van der Waals surface area contributed by atoms with Crippen LogP contribution in [-0.4, -0.2) is 68.2 Å². The normalized spacial score (nSPS) is 16.4. The maximum atomic E-state index is 12.6. The Kier molecular flexibility index (Phi) is 6.30. The molecule has 0 unspecified atom stereocenters. The number of carbonyl (C=O) groups is 1. The summed E-state index contributed by atoms with van der Waals surface area (Å²) in [6.07, 6.45) is 2.51. The highest BCUT2D eigenvalue weighted by atomic mass is 32.2. The van der Waals surface area contributed by atoms with E-state index < -0.39 is 10.0 Å². The van der Waals surface area contributed by atoms with Crippen LogP contribution in [0.25, 0.3) is 0 Å². The van der Waals surface area contributed by atoms with Crippen LogP contribution in [0.2, 0.25) is 0 Å². The predicted octanol–water partition coefficient (Wildman–Crippen LogP) is 1.63. The number of sulfonamides is 1. The molecule has 1 aromatic carbocycles. The zero-order valence-electron chi connectivity index (χ0n) is 15.5. The van der Waals surface area contributed by atoms with Crippen LogP contribution in [0.5, 0.6) is 0 Å². The first kappa shape index (κ1) is 19.6. The van der Waals surface area contributed by atoms with Crippen LogP contribution in [0.4, 0.5) is 0 Å². The van der Waals surface area contributed by atoms with Gasteiger partial charge in [0.05, 0.1) is 24.2 Å². The van der Waals surface area contributed by atoms with E-state index in [0.29, 0.717) is 13.1 Å². The lowest BCUT2D eigenvalue weighted by Gasteiger charge is -2.24. The molecule has 8 heteroatoms. The molecule has 1 amide bonds. The van der Waals surface area contributed by atoms with E-state index >= 15 is 0 Å². The fourth-order valence-electron chi connectivity index (χ4n) is 3.15. The lowest BCUT2D eigenvalue weighted by atomic mass is 10.3. The SMILES string of the molecule is CN(CC(=O)N1CCCN(Cc2ccco2)CC1)S(=O)(=O)c1ccccc1. The molecule has 0 atom stereocenters. The largest absolute Gasteiger partial charge is 0.468 e. The zero-order valence-corrected chi connectivity index (χ0v) is 16.3. The van der Waals surface area contributed by atoms with Crippen molar-refractivity contribution in [2.75, 3.05) is 39.8 Å². The van der Waals surface area contributed by atoms with Crippen LogP contribution >= 0.6 is 0 Å². The van der Waals surface area contributed by atoms with Crippen LogP contribution in [0.3, 0.4) is 0 Å². The highest BCUT2D eigenvalue weighted by Gasteiger charge is 2.26. The van der Waals surface area contributed by atoms with E-state index in [1.807, 2.05) is 12.1 Å². The summed E-state index contributed by atoms with van der Waals surface area (Å²) in [4.78, 5) is 16.8. The van der Waals surface area contributed by atoms with Crippen molar-refractivity contribution in [3.05, 3.63) is 54.5 Å². The van der Waals surface area contributed by atoms with E-state index in [1.54, 1.807) is 29.4 Å². The lowest BCUT2D eigenvalue weighted by molar-refractivity contribution is -0.131. The molecule has 0 aliphatic carbocycles. The van der Waals surface area contributed by atoms with Crippen molar-refractivity contribution in [2.24, 2.45) is 0 Å². The number of benzene rings is 1. The van der Waals surface area contributed by atoms with Gasteiger partial charge in [-0.1, -0.05) is 18.2 Å². The first-order chi connectivity index (χ1) is 13.0. The van der Waals surface area contributed by atoms with Gasteiger partial charge in [-0.15, -0.1) is 0 Å². The van der Waals surface area contributed by atoms with E-state index in [4.69, 9.17) is 4.42 Å². The van der Waals surface area contributed by atoms with Gasteiger partial charge >= 0.3 is 0 Å². The topological polar surface area (TPSA) is 74.1 Å². The Labute approximate surface area is 160 Å². The van der Waals surface area contributed by atoms with Crippen molar-refractivity contribution >= 4 is 15.9 Å². The van der Waals surface area contributed by atoms with Gasteiger partial charge in [-0.25, -0.2) is 8.42 Å². The molecule has 7 nitrogen and oxygen atoms in total. The number of nitrogens with zero attached hydrogens (tertiary/aromatic N) is 3. The summed E-state index contributed by atoms with van der Waals surface area (Å²) in [6, 6.07) is 12.0. The average Bonchev–Trinajstić information content (AvgIpc) is 3.06. The molecular formula is C19H25N3O4S. The highest BCUT2D eigenvalue weighted by molar-refractivity contribution is 7.89. The van der Waals surface area contributed by atoms with Gasteiger partial charge in [0, 0.05) is 33.2 Å². The summed E-state index contributed by atoms with van der Waals surface area (Å²) >= 11 is 0. The molecule has 27 heavy (non-hydrogen) atoms. The average molecular weight is 391 g/mol. The van der Waals surface area contributed by atoms with Crippen LogP contribution in [-0.2, 0) is 21.4 Å². The van der Waals surface area contributed by atoms with Gasteiger partial charge < -0.3 is 9.32 Å².